The highest BCUT2D eigenvalue weighted by Gasteiger charge is 2.11. The summed E-state index contributed by atoms with van der Waals surface area (Å²) in [5.41, 5.74) is 2.26. The van der Waals surface area contributed by atoms with Crippen molar-refractivity contribution in [2.45, 2.75) is 6.92 Å². The minimum atomic E-state index is -0.655. The number of anilines is 1. The van der Waals surface area contributed by atoms with Crippen LogP contribution in [-0.2, 0) is 19.1 Å². The first-order valence-electron chi connectivity index (χ1n) is 8.40. The van der Waals surface area contributed by atoms with E-state index in [1.54, 1.807) is 56.5 Å². The lowest BCUT2D eigenvalue weighted by Crippen LogP contribution is -2.21. The number of carbonyl (C=O) groups is 3. The summed E-state index contributed by atoms with van der Waals surface area (Å²) in [4.78, 5) is 35.4. The van der Waals surface area contributed by atoms with Crippen LogP contribution in [0.1, 0.15) is 21.5 Å². The molecule has 7 heteroatoms. The predicted octanol–water partition coefficient (Wildman–Crippen LogP) is 2.99. The lowest BCUT2D eigenvalue weighted by molar-refractivity contribution is -0.142. The fourth-order valence-electron chi connectivity index (χ4n) is 2.28. The Bertz CT molecular complexity index is 904. The van der Waals surface area contributed by atoms with E-state index in [0.717, 1.165) is 11.1 Å². The fraction of sp³-hybridized carbons (Fsp3) is 0.190. The first-order chi connectivity index (χ1) is 13.4. The van der Waals surface area contributed by atoms with Gasteiger partial charge in [0.1, 0.15) is 5.75 Å². The van der Waals surface area contributed by atoms with E-state index in [0.29, 0.717) is 17.0 Å². The van der Waals surface area contributed by atoms with Gasteiger partial charge in [0, 0.05) is 11.8 Å². The van der Waals surface area contributed by atoms with Gasteiger partial charge in [0.2, 0.25) is 0 Å². The monoisotopic (exact) mass is 383 g/mol. The second kappa shape index (κ2) is 9.91. The molecule has 28 heavy (non-hydrogen) atoms. The van der Waals surface area contributed by atoms with Crippen molar-refractivity contribution in [1.82, 2.24) is 0 Å². The lowest BCUT2D eigenvalue weighted by atomic mass is 10.1. The fourth-order valence-corrected chi connectivity index (χ4v) is 2.28. The normalized spacial score (nSPS) is 10.4. The molecule has 0 spiro atoms. The molecule has 0 aliphatic carbocycles. The summed E-state index contributed by atoms with van der Waals surface area (Å²) in [6, 6.07) is 11.9. The molecule has 0 unspecified atom stereocenters. The highest BCUT2D eigenvalue weighted by atomic mass is 16.5. The number of hydrogen-bond donors (Lipinski definition) is 1. The van der Waals surface area contributed by atoms with Gasteiger partial charge in [-0.25, -0.2) is 9.59 Å². The van der Waals surface area contributed by atoms with Crippen molar-refractivity contribution in [3.8, 4) is 5.75 Å². The molecule has 1 amide bonds. The number of methoxy groups -OCH3 is 2. The second-order valence-electron chi connectivity index (χ2n) is 5.79. The molecule has 0 fully saturated rings. The van der Waals surface area contributed by atoms with E-state index in [-0.39, 0.29) is 0 Å². The molecule has 0 saturated carbocycles. The molecular formula is C21H21NO6. The van der Waals surface area contributed by atoms with Crippen molar-refractivity contribution in [3.05, 3.63) is 65.2 Å². The third kappa shape index (κ3) is 5.98. The minimum Gasteiger partial charge on any atom is -0.497 e. The van der Waals surface area contributed by atoms with E-state index in [2.05, 4.69) is 10.1 Å². The molecule has 7 nitrogen and oxygen atoms in total. The van der Waals surface area contributed by atoms with Crippen molar-refractivity contribution in [3.63, 3.8) is 0 Å². The smallest absolute Gasteiger partial charge is 0.337 e. The van der Waals surface area contributed by atoms with Gasteiger partial charge in [0.15, 0.2) is 6.61 Å². The van der Waals surface area contributed by atoms with Crippen molar-refractivity contribution in [2.75, 3.05) is 26.1 Å². The second-order valence-corrected chi connectivity index (χ2v) is 5.79. The summed E-state index contributed by atoms with van der Waals surface area (Å²) < 4.78 is 14.7. The number of amides is 1. The Balaban J connectivity index is 1.90. The van der Waals surface area contributed by atoms with Gasteiger partial charge in [-0.3, -0.25) is 4.79 Å². The molecule has 0 bridgehead atoms. The first kappa shape index (κ1) is 20.7. The minimum absolute atomic E-state index is 0.307. The lowest BCUT2D eigenvalue weighted by Gasteiger charge is -2.10. The highest BCUT2D eigenvalue weighted by molar-refractivity contribution is 5.97. The van der Waals surface area contributed by atoms with Gasteiger partial charge in [-0.1, -0.05) is 18.2 Å². The number of carbonyl (C=O) groups excluding carboxylic acids is 3. The van der Waals surface area contributed by atoms with Gasteiger partial charge in [-0.15, -0.1) is 0 Å². The Labute approximate surface area is 162 Å². The number of benzene rings is 2. The van der Waals surface area contributed by atoms with Gasteiger partial charge in [-0.2, -0.15) is 0 Å². The van der Waals surface area contributed by atoms with Crippen molar-refractivity contribution < 1.29 is 28.6 Å². The summed E-state index contributed by atoms with van der Waals surface area (Å²) in [6.07, 6.45) is 2.79. The molecule has 1 N–H and O–H groups in total. The summed E-state index contributed by atoms with van der Waals surface area (Å²) in [7, 11) is 2.83. The molecule has 2 aromatic carbocycles. The maximum absolute atomic E-state index is 12.0. The number of esters is 2. The van der Waals surface area contributed by atoms with Crippen molar-refractivity contribution >= 4 is 29.6 Å². The molecule has 0 radical (unpaired) electrons. The number of aryl methyl sites for hydroxylation is 1. The molecule has 0 aliphatic rings. The van der Waals surface area contributed by atoms with Crippen molar-refractivity contribution in [2.24, 2.45) is 0 Å². The van der Waals surface area contributed by atoms with Gasteiger partial charge in [0.25, 0.3) is 5.91 Å². The van der Waals surface area contributed by atoms with Crippen LogP contribution in [0.15, 0.2) is 48.5 Å². The molecule has 0 aromatic heterocycles. The Kier molecular flexibility index (Phi) is 7.33. The zero-order valence-corrected chi connectivity index (χ0v) is 15.9. The van der Waals surface area contributed by atoms with Crippen LogP contribution >= 0.6 is 0 Å². The summed E-state index contributed by atoms with van der Waals surface area (Å²) in [5, 5.41) is 2.61. The van der Waals surface area contributed by atoms with E-state index < -0.39 is 24.5 Å². The van der Waals surface area contributed by atoms with E-state index >= 15 is 0 Å². The zero-order chi connectivity index (χ0) is 20.5. The van der Waals surface area contributed by atoms with Gasteiger partial charge < -0.3 is 19.5 Å². The van der Waals surface area contributed by atoms with Crippen LogP contribution in [-0.4, -0.2) is 38.7 Å². The largest absolute Gasteiger partial charge is 0.497 e. The van der Waals surface area contributed by atoms with Gasteiger partial charge in [0.05, 0.1) is 19.8 Å². The van der Waals surface area contributed by atoms with Crippen LogP contribution in [0.4, 0.5) is 5.69 Å². The van der Waals surface area contributed by atoms with Crippen LogP contribution in [0.2, 0.25) is 0 Å². The highest BCUT2D eigenvalue weighted by Crippen LogP contribution is 2.17. The number of rotatable bonds is 7. The van der Waals surface area contributed by atoms with Crippen LogP contribution in [0.3, 0.4) is 0 Å². The molecule has 2 aromatic rings. The zero-order valence-electron chi connectivity index (χ0n) is 15.9. The molecular weight excluding hydrogens is 362 g/mol. The van der Waals surface area contributed by atoms with Crippen LogP contribution in [0.25, 0.3) is 6.08 Å². The van der Waals surface area contributed by atoms with E-state index in [1.807, 2.05) is 0 Å². The molecule has 0 aliphatic heterocycles. The Morgan fingerprint density at radius 2 is 1.86 bits per heavy atom. The summed E-state index contributed by atoms with van der Waals surface area (Å²) >= 11 is 0. The average molecular weight is 383 g/mol. The molecule has 0 saturated heterocycles. The van der Waals surface area contributed by atoms with Gasteiger partial charge in [-0.05, 0) is 48.4 Å². The third-order valence-corrected chi connectivity index (χ3v) is 3.78. The van der Waals surface area contributed by atoms with Crippen molar-refractivity contribution in [1.29, 1.82) is 0 Å². The Hall–Kier alpha value is -3.61. The SMILES string of the molecule is COC(=O)c1ccc(C)c(NC(=O)COC(=O)/C=C/c2cccc(OC)c2)c1. The average Bonchev–Trinajstić information content (AvgIpc) is 2.71. The first-order valence-corrected chi connectivity index (χ1v) is 8.40. The summed E-state index contributed by atoms with van der Waals surface area (Å²) in [6.45, 7) is 1.32. The Morgan fingerprint density at radius 3 is 2.57 bits per heavy atom. The van der Waals surface area contributed by atoms with Crippen LogP contribution < -0.4 is 10.1 Å². The number of ether oxygens (including phenoxy) is 3. The third-order valence-electron chi connectivity index (χ3n) is 3.78. The Morgan fingerprint density at radius 1 is 1.07 bits per heavy atom. The van der Waals surface area contributed by atoms with E-state index in [4.69, 9.17) is 9.47 Å². The summed E-state index contributed by atoms with van der Waals surface area (Å²) in [5.74, 6) is -1.02. The molecule has 146 valence electrons. The predicted molar refractivity (Wildman–Crippen MR) is 104 cm³/mol. The van der Waals surface area contributed by atoms with E-state index in [1.165, 1.54) is 19.3 Å². The van der Waals surface area contributed by atoms with Crippen LogP contribution in [0.5, 0.6) is 5.75 Å². The molecule has 0 heterocycles. The molecule has 2 rings (SSSR count). The maximum atomic E-state index is 12.0. The molecule has 0 atom stereocenters. The number of hydrogen-bond acceptors (Lipinski definition) is 6. The topological polar surface area (TPSA) is 90.9 Å². The quantitative estimate of drug-likeness (QED) is 0.584. The standard InChI is InChI=1S/C21H21NO6/c1-14-7-9-16(21(25)27-3)12-18(14)22-19(23)13-28-20(24)10-8-15-5-4-6-17(11-15)26-2/h4-12H,13H2,1-3H3,(H,22,23)/b10-8+. The number of nitrogens with one attached hydrogen (secondary N) is 1. The maximum Gasteiger partial charge on any atom is 0.337 e. The van der Waals surface area contributed by atoms with Gasteiger partial charge >= 0.3 is 11.9 Å². The van der Waals surface area contributed by atoms with Crippen LogP contribution in [0, 0.1) is 6.92 Å². The van der Waals surface area contributed by atoms with E-state index in [9.17, 15) is 14.4 Å².